The Balaban J connectivity index is 0.000000505. The van der Waals surface area contributed by atoms with Crippen LogP contribution in [0.4, 0.5) is 32.2 Å². The number of halogens is 6. The monoisotopic (exact) mass is 546 g/mol. The number of nitrogens with two attached hydrogens (primary N) is 1. The molecule has 0 bridgehead atoms. The fraction of sp³-hybridized carbons (Fsp3) is 0.273. The number of imidazole rings is 1. The highest BCUT2D eigenvalue weighted by molar-refractivity contribution is 5.74. The van der Waals surface area contributed by atoms with Crippen LogP contribution in [0, 0.1) is 6.92 Å². The molecule has 3 heterocycles. The maximum atomic E-state index is 13.5. The van der Waals surface area contributed by atoms with Gasteiger partial charge in [0.05, 0.1) is 30.4 Å². The number of carboxylic acid groups (broad SMARTS) is 1. The highest BCUT2D eigenvalue weighted by atomic mass is 19.4. The van der Waals surface area contributed by atoms with Crippen molar-refractivity contribution in [3.8, 4) is 22.5 Å². The number of fused-ring (bicyclic) bond motifs is 1. The Bertz CT molecular complexity index is 1480. The van der Waals surface area contributed by atoms with E-state index in [4.69, 9.17) is 15.6 Å². The van der Waals surface area contributed by atoms with Crippen LogP contribution in [0.2, 0.25) is 0 Å². The van der Waals surface area contributed by atoms with E-state index in [2.05, 4.69) is 15.1 Å². The predicted molar refractivity (Wildman–Crippen MR) is 121 cm³/mol. The highest BCUT2D eigenvalue weighted by Gasteiger charge is 2.54. The summed E-state index contributed by atoms with van der Waals surface area (Å²) in [5.41, 5.74) is 5.23. The minimum atomic E-state index is -5.08. The standard InChI is InChI=1S/C20H19F3N6O2.C2HF3O2/c1-11-3-4-13(19(31,10-30)20(21,22)23)5-14(11)16-7-25-18-17(24)27-15(9-29(16)18)12-6-26-28(2)8-12;3-2(4,5)1(6)7/h3-9,30-31H,10H2,1-2H3,(H2,24,27);(H,6,7). The Hall–Kier alpha value is -4.18. The van der Waals surface area contributed by atoms with Gasteiger partial charge >= 0.3 is 18.3 Å². The Morgan fingerprint density at radius 3 is 2.24 bits per heavy atom. The van der Waals surface area contributed by atoms with E-state index in [1.807, 2.05) is 0 Å². The summed E-state index contributed by atoms with van der Waals surface area (Å²) >= 11 is 0. The van der Waals surface area contributed by atoms with Crippen molar-refractivity contribution in [2.45, 2.75) is 24.9 Å². The number of aliphatic carboxylic acids is 1. The number of benzene rings is 1. The van der Waals surface area contributed by atoms with Crippen LogP contribution in [0.3, 0.4) is 0 Å². The van der Waals surface area contributed by atoms with Crippen molar-refractivity contribution in [3.63, 3.8) is 0 Å². The van der Waals surface area contributed by atoms with Gasteiger partial charge in [-0.05, 0) is 24.1 Å². The Morgan fingerprint density at radius 1 is 1.11 bits per heavy atom. The molecule has 0 saturated carbocycles. The molecule has 1 unspecified atom stereocenters. The number of aromatic nitrogens is 5. The molecular formula is C22H20F6N6O4. The third-order valence-electron chi connectivity index (χ3n) is 5.45. The van der Waals surface area contributed by atoms with Gasteiger partial charge in [-0.25, -0.2) is 14.8 Å². The number of hydrogen-bond donors (Lipinski definition) is 4. The van der Waals surface area contributed by atoms with Gasteiger partial charge in [-0.3, -0.25) is 9.08 Å². The number of nitrogens with zero attached hydrogens (tertiary/aromatic N) is 5. The lowest BCUT2D eigenvalue weighted by molar-refractivity contribution is -0.277. The number of carbonyl (C=O) groups is 1. The first-order chi connectivity index (χ1) is 17.5. The van der Waals surface area contributed by atoms with E-state index in [-0.39, 0.29) is 5.82 Å². The molecule has 4 rings (SSSR count). The van der Waals surface area contributed by atoms with Gasteiger partial charge in [0, 0.05) is 30.6 Å². The van der Waals surface area contributed by atoms with Crippen LogP contribution in [-0.2, 0) is 17.4 Å². The molecule has 204 valence electrons. The third-order valence-corrected chi connectivity index (χ3v) is 5.45. The summed E-state index contributed by atoms with van der Waals surface area (Å²) in [6.07, 6.45) is -3.64. The molecule has 10 nitrogen and oxygen atoms in total. The normalized spacial score (nSPS) is 13.6. The number of carboxylic acids is 1. The molecule has 0 aliphatic rings. The molecule has 4 aromatic rings. The number of alkyl halides is 6. The second-order valence-corrected chi connectivity index (χ2v) is 8.10. The molecule has 0 aliphatic carbocycles. The number of aryl methyl sites for hydroxylation is 2. The van der Waals surface area contributed by atoms with Gasteiger partial charge in [-0.15, -0.1) is 0 Å². The Labute approximate surface area is 209 Å². The minimum absolute atomic E-state index is 0.142. The lowest BCUT2D eigenvalue weighted by Crippen LogP contribution is -2.45. The Kier molecular flexibility index (Phi) is 7.43. The maximum absolute atomic E-state index is 13.5. The fourth-order valence-electron chi connectivity index (χ4n) is 3.40. The first kappa shape index (κ1) is 28.4. The van der Waals surface area contributed by atoms with Gasteiger partial charge in [0.2, 0.25) is 5.60 Å². The van der Waals surface area contributed by atoms with Gasteiger partial charge < -0.3 is 21.1 Å². The SMILES string of the molecule is Cc1ccc(C(O)(CO)C(F)(F)F)cc1-c1cnc2c(N)nc(-c3cnn(C)c3)cn12.O=C(O)C(F)(F)F. The number of anilines is 1. The van der Waals surface area contributed by atoms with Crippen molar-refractivity contribution < 1.29 is 46.5 Å². The van der Waals surface area contributed by atoms with Crippen LogP contribution < -0.4 is 5.73 Å². The van der Waals surface area contributed by atoms with Crippen molar-refractivity contribution in [1.29, 1.82) is 0 Å². The summed E-state index contributed by atoms with van der Waals surface area (Å²) in [5, 5.41) is 30.7. The van der Waals surface area contributed by atoms with Crippen LogP contribution in [0.15, 0.2) is 43.0 Å². The topological polar surface area (TPSA) is 152 Å². The van der Waals surface area contributed by atoms with Crippen LogP contribution in [0.25, 0.3) is 28.2 Å². The summed E-state index contributed by atoms with van der Waals surface area (Å²) in [6, 6.07) is 3.79. The molecule has 0 saturated heterocycles. The predicted octanol–water partition coefficient (Wildman–Crippen LogP) is 3.06. The average Bonchev–Trinajstić information content (AvgIpc) is 3.44. The van der Waals surface area contributed by atoms with E-state index in [1.165, 1.54) is 18.3 Å². The number of nitrogen functional groups attached to an aromatic ring is 1. The van der Waals surface area contributed by atoms with Crippen molar-refractivity contribution in [3.05, 3.63) is 54.1 Å². The summed E-state index contributed by atoms with van der Waals surface area (Å²) < 4.78 is 75.3. The third kappa shape index (κ3) is 5.40. The van der Waals surface area contributed by atoms with E-state index in [9.17, 15) is 36.6 Å². The summed E-state index contributed by atoms with van der Waals surface area (Å²) in [7, 11) is 1.76. The van der Waals surface area contributed by atoms with Gasteiger partial charge in [0.1, 0.15) is 0 Å². The quantitative estimate of drug-likeness (QED) is 0.285. The lowest BCUT2D eigenvalue weighted by atomic mass is 9.90. The lowest BCUT2D eigenvalue weighted by Gasteiger charge is -2.29. The molecule has 1 atom stereocenters. The van der Waals surface area contributed by atoms with Gasteiger partial charge in [-0.1, -0.05) is 12.1 Å². The molecule has 38 heavy (non-hydrogen) atoms. The van der Waals surface area contributed by atoms with Gasteiger partial charge in [-0.2, -0.15) is 31.4 Å². The average molecular weight is 546 g/mol. The van der Waals surface area contributed by atoms with E-state index >= 15 is 0 Å². The molecule has 0 fully saturated rings. The van der Waals surface area contributed by atoms with Crippen molar-refractivity contribution >= 4 is 17.4 Å². The van der Waals surface area contributed by atoms with Crippen LogP contribution in [0.1, 0.15) is 11.1 Å². The van der Waals surface area contributed by atoms with E-state index < -0.39 is 36.1 Å². The van der Waals surface area contributed by atoms with Gasteiger partial charge in [0.15, 0.2) is 11.5 Å². The molecule has 0 spiro atoms. The zero-order chi connectivity index (χ0) is 28.6. The van der Waals surface area contributed by atoms with Crippen molar-refractivity contribution in [2.24, 2.45) is 7.05 Å². The largest absolute Gasteiger partial charge is 0.490 e. The Morgan fingerprint density at radius 2 is 1.74 bits per heavy atom. The summed E-state index contributed by atoms with van der Waals surface area (Å²) in [4.78, 5) is 17.5. The first-order valence-electron chi connectivity index (χ1n) is 10.4. The zero-order valence-corrected chi connectivity index (χ0v) is 19.6. The molecular weight excluding hydrogens is 526 g/mol. The minimum Gasteiger partial charge on any atom is -0.475 e. The number of hydrogen-bond acceptors (Lipinski definition) is 7. The molecule has 0 amide bonds. The van der Waals surface area contributed by atoms with Crippen molar-refractivity contribution in [2.75, 3.05) is 12.3 Å². The number of aliphatic hydroxyl groups is 2. The second-order valence-electron chi connectivity index (χ2n) is 8.10. The molecule has 0 radical (unpaired) electrons. The van der Waals surface area contributed by atoms with Crippen LogP contribution in [-0.4, -0.2) is 64.4 Å². The maximum Gasteiger partial charge on any atom is 0.490 e. The number of rotatable bonds is 4. The molecule has 3 aromatic heterocycles. The second kappa shape index (κ2) is 9.94. The first-order valence-corrected chi connectivity index (χ1v) is 10.4. The molecule has 0 aliphatic heterocycles. The van der Waals surface area contributed by atoms with E-state index in [1.54, 1.807) is 41.6 Å². The molecule has 5 N–H and O–H groups in total. The smallest absolute Gasteiger partial charge is 0.475 e. The van der Waals surface area contributed by atoms with Crippen molar-refractivity contribution in [1.82, 2.24) is 24.1 Å². The van der Waals surface area contributed by atoms with Crippen LogP contribution >= 0.6 is 0 Å². The zero-order valence-electron chi connectivity index (χ0n) is 19.6. The highest BCUT2D eigenvalue weighted by Crippen LogP contribution is 2.40. The molecule has 16 heteroatoms. The van der Waals surface area contributed by atoms with E-state index in [0.29, 0.717) is 33.7 Å². The molecule has 1 aromatic carbocycles. The van der Waals surface area contributed by atoms with Crippen LogP contribution in [0.5, 0.6) is 0 Å². The fourth-order valence-corrected chi connectivity index (χ4v) is 3.40. The summed E-state index contributed by atoms with van der Waals surface area (Å²) in [6.45, 7) is 0.213. The van der Waals surface area contributed by atoms with E-state index in [0.717, 1.165) is 6.07 Å². The van der Waals surface area contributed by atoms with Gasteiger partial charge in [0.25, 0.3) is 0 Å². The number of aliphatic hydroxyl groups excluding tert-OH is 1. The summed E-state index contributed by atoms with van der Waals surface area (Å²) in [5.74, 6) is -2.61.